The van der Waals surface area contributed by atoms with Crippen LogP contribution >= 0.6 is 0 Å². The van der Waals surface area contributed by atoms with E-state index in [2.05, 4.69) is 0 Å². The van der Waals surface area contributed by atoms with Crippen LogP contribution in [-0.4, -0.2) is 33.1 Å². The first-order valence-electron chi connectivity index (χ1n) is 4.05. The molecule has 1 aromatic rings. The molecule has 17 heavy (non-hydrogen) atoms. The van der Waals surface area contributed by atoms with Gasteiger partial charge >= 0.3 is 20.6 Å². The lowest BCUT2D eigenvalue weighted by molar-refractivity contribution is 0.414. The Labute approximate surface area is 98.2 Å². The number of hydrogen-bond donors (Lipinski definition) is 2. The summed E-state index contributed by atoms with van der Waals surface area (Å²) in [7, 11) is -8.92. The molecular weight excluding hydrogens is 274 g/mol. The second-order valence-electron chi connectivity index (χ2n) is 2.85. The van der Waals surface area contributed by atoms with Crippen LogP contribution < -0.4 is 8.45 Å². The third kappa shape index (κ3) is 3.30. The van der Waals surface area contributed by atoms with Crippen LogP contribution in [0.1, 0.15) is 0 Å². The average Bonchev–Trinajstić information content (AvgIpc) is 2.14. The number of nitrogens with zero attached hydrogens (tertiary/aromatic N) is 1. The molecule has 0 aliphatic heterocycles. The first-order valence-corrected chi connectivity index (χ1v) is 6.85. The summed E-state index contributed by atoms with van der Waals surface area (Å²) < 4.78 is 65.1. The van der Waals surface area contributed by atoms with E-state index in [4.69, 9.17) is 13.8 Å². The number of hydrogen-bond acceptors (Lipinski definition) is 5. The first kappa shape index (κ1) is 13.7. The van der Waals surface area contributed by atoms with Crippen LogP contribution in [0.3, 0.4) is 0 Å². The van der Waals surface area contributed by atoms with Crippen LogP contribution in [0.4, 0.5) is 5.69 Å². The molecule has 0 amide bonds. The van der Waals surface area contributed by atoms with Crippen molar-refractivity contribution in [3.8, 4) is 5.75 Å². The number of anilines is 1. The van der Waals surface area contributed by atoms with Gasteiger partial charge in [-0.3, -0.25) is 9.11 Å². The van der Waals surface area contributed by atoms with E-state index in [-0.39, 0.29) is 0 Å². The molecule has 8 nitrogen and oxygen atoms in total. The van der Waals surface area contributed by atoms with E-state index in [1.165, 1.54) is 19.2 Å². The van der Waals surface area contributed by atoms with Crippen LogP contribution in [0.25, 0.3) is 0 Å². The molecule has 96 valence electrons. The van der Waals surface area contributed by atoms with Crippen molar-refractivity contribution in [1.82, 2.24) is 0 Å². The van der Waals surface area contributed by atoms with Crippen molar-refractivity contribution in [1.29, 1.82) is 0 Å². The van der Waals surface area contributed by atoms with Gasteiger partial charge in [-0.05, 0) is 24.3 Å². The van der Waals surface area contributed by atoms with Gasteiger partial charge in [-0.2, -0.15) is 16.8 Å². The summed E-state index contributed by atoms with van der Waals surface area (Å²) in [6, 6.07) is 4.61. The van der Waals surface area contributed by atoms with Crippen molar-refractivity contribution < 1.29 is 30.7 Å². The molecule has 0 saturated heterocycles. The van der Waals surface area contributed by atoms with Gasteiger partial charge in [0.1, 0.15) is 5.75 Å². The lowest BCUT2D eigenvalue weighted by atomic mass is 10.3. The molecule has 0 saturated carbocycles. The summed E-state index contributed by atoms with van der Waals surface area (Å²) in [4.78, 5) is 0. The standard InChI is InChI=1S/C7H9NO7S2/c1-15-7-4-2-6(3-5-7)8(16(9,10)11)17(12,13)14/h2-5H,1H3,(H,9,10,11)(H,12,13,14). The molecule has 0 atom stereocenters. The Morgan fingerprint density at radius 1 is 1.00 bits per heavy atom. The van der Waals surface area contributed by atoms with Crippen LogP contribution in [-0.2, 0) is 20.6 Å². The van der Waals surface area contributed by atoms with Gasteiger partial charge in [0.15, 0.2) is 0 Å². The molecule has 0 heterocycles. The molecule has 0 spiro atoms. The summed E-state index contributed by atoms with van der Waals surface area (Å²) in [6.07, 6.45) is 0. The van der Waals surface area contributed by atoms with Gasteiger partial charge < -0.3 is 4.74 Å². The van der Waals surface area contributed by atoms with Crippen LogP contribution in [0.2, 0.25) is 0 Å². The van der Waals surface area contributed by atoms with E-state index in [0.717, 1.165) is 12.1 Å². The van der Waals surface area contributed by atoms with E-state index in [1.54, 1.807) is 0 Å². The Bertz CT molecular complexity index is 558. The third-order valence-electron chi connectivity index (χ3n) is 1.70. The number of benzene rings is 1. The fourth-order valence-corrected chi connectivity index (χ4v) is 2.82. The van der Waals surface area contributed by atoms with Crippen LogP contribution in [0.15, 0.2) is 24.3 Å². The maximum atomic E-state index is 10.8. The predicted octanol–water partition coefficient (Wildman–Crippen LogP) is 0.107. The number of rotatable bonds is 4. The quantitative estimate of drug-likeness (QED) is 0.752. The predicted molar refractivity (Wildman–Crippen MR) is 58.6 cm³/mol. The smallest absolute Gasteiger partial charge is 0.375 e. The van der Waals surface area contributed by atoms with E-state index < -0.39 is 30.0 Å². The van der Waals surface area contributed by atoms with Gasteiger partial charge in [0, 0.05) is 0 Å². The molecule has 0 bridgehead atoms. The Hall–Kier alpha value is -1.36. The summed E-state index contributed by atoms with van der Waals surface area (Å²) in [6.45, 7) is 0. The molecule has 10 heteroatoms. The maximum absolute atomic E-state index is 10.8. The van der Waals surface area contributed by atoms with Crippen molar-refractivity contribution in [2.24, 2.45) is 0 Å². The minimum absolute atomic E-state index is 0.347. The van der Waals surface area contributed by atoms with Crippen LogP contribution in [0, 0.1) is 0 Å². The highest BCUT2D eigenvalue weighted by Gasteiger charge is 2.31. The lowest BCUT2D eigenvalue weighted by Crippen LogP contribution is -2.35. The fourth-order valence-electron chi connectivity index (χ4n) is 1.09. The second kappa shape index (κ2) is 4.49. The fraction of sp³-hybridized carbons (Fsp3) is 0.143. The molecule has 1 rings (SSSR count). The van der Waals surface area contributed by atoms with E-state index in [0.29, 0.717) is 5.75 Å². The van der Waals surface area contributed by atoms with Crippen LogP contribution in [0.5, 0.6) is 5.75 Å². The van der Waals surface area contributed by atoms with Crippen molar-refractivity contribution in [2.45, 2.75) is 0 Å². The molecule has 0 radical (unpaired) electrons. The zero-order valence-corrected chi connectivity index (χ0v) is 10.1. The highest BCUT2D eigenvalue weighted by atomic mass is 32.3. The zero-order chi connectivity index (χ0) is 13.3. The Morgan fingerprint density at radius 3 is 1.71 bits per heavy atom. The molecule has 1 aromatic carbocycles. The normalized spacial score (nSPS) is 12.2. The van der Waals surface area contributed by atoms with Gasteiger partial charge in [0.25, 0.3) is 0 Å². The van der Waals surface area contributed by atoms with Crippen molar-refractivity contribution >= 4 is 26.3 Å². The topological polar surface area (TPSA) is 121 Å². The zero-order valence-electron chi connectivity index (χ0n) is 8.51. The summed E-state index contributed by atoms with van der Waals surface area (Å²) in [5.41, 5.74) is -0.448. The highest BCUT2D eigenvalue weighted by Crippen LogP contribution is 2.23. The van der Waals surface area contributed by atoms with Gasteiger partial charge in [-0.25, -0.2) is 0 Å². The first-order chi connectivity index (χ1) is 7.66. The largest absolute Gasteiger partial charge is 0.497 e. The molecule has 0 fully saturated rings. The molecule has 0 aliphatic rings. The second-order valence-corrected chi connectivity index (χ2v) is 5.60. The average molecular weight is 283 g/mol. The Kier molecular flexibility index (Phi) is 3.62. The summed E-state index contributed by atoms with van der Waals surface area (Å²) in [5.74, 6) is 0.347. The molecule has 0 aliphatic carbocycles. The number of ether oxygens (including phenoxy) is 1. The maximum Gasteiger partial charge on any atom is 0.375 e. The van der Waals surface area contributed by atoms with E-state index in [9.17, 15) is 16.8 Å². The Morgan fingerprint density at radius 2 is 1.41 bits per heavy atom. The minimum atomic E-state index is -5.14. The van der Waals surface area contributed by atoms with Gasteiger partial charge in [0.05, 0.1) is 12.8 Å². The molecule has 2 N–H and O–H groups in total. The molecule has 0 aromatic heterocycles. The monoisotopic (exact) mass is 283 g/mol. The van der Waals surface area contributed by atoms with Gasteiger partial charge in [-0.15, -0.1) is 3.71 Å². The number of methoxy groups -OCH3 is 1. The molecule has 0 unspecified atom stereocenters. The summed E-state index contributed by atoms with van der Waals surface area (Å²) >= 11 is 0. The van der Waals surface area contributed by atoms with Crippen molar-refractivity contribution in [3.63, 3.8) is 0 Å². The summed E-state index contributed by atoms with van der Waals surface area (Å²) in [5, 5.41) is 0. The highest BCUT2D eigenvalue weighted by molar-refractivity contribution is 8.05. The van der Waals surface area contributed by atoms with E-state index >= 15 is 0 Å². The van der Waals surface area contributed by atoms with E-state index in [1.807, 2.05) is 0 Å². The molecular formula is C7H9NO7S2. The van der Waals surface area contributed by atoms with Crippen molar-refractivity contribution in [2.75, 3.05) is 10.8 Å². The van der Waals surface area contributed by atoms with Gasteiger partial charge in [0.2, 0.25) is 0 Å². The minimum Gasteiger partial charge on any atom is -0.497 e. The SMILES string of the molecule is COc1ccc(N(S(=O)(=O)O)S(=O)(=O)O)cc1. The van der Waals surface area contributed by atoms with Crippen molar-refractivity contribution in [3.05, 3.63) is 24.3 Å². The lowest BCUT2D eigenvalue weighted by Gasteiger charge is -2.16. The third-order valence-corrected chi connectivity index (χ3v) is 4.09. The van der Waals surface area contributed by atoms with Gasteiger partial charge in [-0.1, -0.05) is 0 Å². The Balaban J connectivity index is 3.34.